The van der Waals surface area contributed by atoms with Gasteiger partial charge in [-0.15, -0.1) is 0 Å². The van der Waals surface area contributed by atoms with E-state index in [0.717, 1.165) is 6.54 Å². The molecule has 0 saturated heterocycles. The lowest BCUT2D eigenvalue weighted by atomic mass is 10.1. The van der Waals surface area contributed by atoms with Crippen molar-refractivity contribution < 1.29 is 0 Å². The largest absolute Gasteiger partial charge is 0.375 e. The van der Waals surface area contributed by atoms with Crippen LogP contribution in [0.5, 0.6) is 0 Å². The third-order valence-corrected chi connectivity index (χ3v) is 2.95. The molecule has 0 radical (unpaired) electrons. The Morgan fingerprint density at radius 3 is 2.31 bits per heavy atom. The molecular formula is C14H24N2. The highest BCUT2D eigenvalue weighted by Gasteiger charge is 1.98. The third kappa shape index (κ3) is 5.15. The molecule has 1 aromatic rings. The van der Waals surface area contributed by atoms with Gasteiger partial charge in [0.1, 0.15) is 0 Å². The first-order valence-corrected chi connectivity index (χ1v) is 6.45. The van der Waals surface area contributed by atoms with Crippen molar-refractivity contribution in [3.05, 3.63) is 24.5 Å². The Kier molecular flexibility index (Phi) is 6.62. The molecule has 0 bridgehead atoms. The van der Waals surface area contributed by atoms with Crippen molar-refractivity contribution in [2.45, 2.75) is 45.4 Å². The average Bonchev–Trinajstić information content (AvgIpc) is 2.34. The minimum absolute atomic E-state index is 1.15. The fourth-order valence-corrected chi connectivity index (χ4v) is 1.86. The molecule has 0 spiro atoms. The van der Waals surface area contributed by atoms with Gasteiger partial charge in [-0.05, 0) is 18.6 Å². The molecule has 2 nitrogen and oxygen atoms in total. The molecular weight excluding hydrogens is 196 g/mol. The first kappa shape index (κ1) is 13.0. The summed E-state index contributed by atoms with van der Waals surface area (Å²) in [4.78, 5) is 6.34. The zero-order valence-electron chi connectivity index (χ0n) is 10.7. The summed E-state index contributed by atoms with van der Waals surface area (Å²) in [5.41, 5.74) is 1.27. The zero-order valence-corrected chi connectivity index (χ0v) is 10.7. The second-order valence-corrected chi connectivity index (χ2v) is 4.39. The Labute approximate surface area is 99.7 Å². The van der Waals surface area contributed by atoms with Gasteiger partial charge in [0.2, 0.25) is 0 Å². The topological polar surface area (TPSA) is 16.1 Å². The third-order valence-electron chi connectivity index (χ3n) is 2.95. The summed E-state index contributed by atoms with van der Waals surface area (Å²) in [5.74, 6) is 0. The van der Waals surface area contributed by atoms with Crippen LogP contribution in [0.2, 0.25) is 0 Å². The number of hydrogen-bond donors (Lipinski definition) is 0. The molecule has 0 saturated carbocycles. The highest BCUT2D eigenvalue weighted by Crippen LogP contribution is 2.11. The second kappa shape index (κ2) is 8.14. The fraction of sp³-hybridized carbons (Fsp3) is 0.643. The van der Waals surface area contributed by atoms with Gasteiger partial charge in [0.15, 0.2) is 0 Å². The molecule has 0 aliphatic carbocycles. The summed E-state index contributed by atoms with van der Waals surface area (Å²) >= 11 is 0. The maximum absolute atomic E-state index is 4.03. The Bertz CT molecular complexity index is 259. The SMILES string of the molecule is CCCCCCCCN(C)c1ccncc1. The van der Waals surface area contributed by atoms with Gasteiger partial charge in [-0.1, -0.05) is 39.0 Å². The summed E-state index contributed by atoms with van der Waals surface area (Å²) < 4.78 is 0. The summed E-state index contributed by atoms with van der Waals surface area (Å²) in [6, 6.07) is 4.13. The van der Waals surface area contributed by atoms with Crippen LogP contribution in [0.25, 0.3) is 0 Å². The van der Waals surface area contributed by atoms with Crippen LogP contribution in [0.15, 0.2) is 24.5 Å². The maximum atomic E-state index is 4.03. The number of nitrogens with zero attached hydrogens (tertiary/aromatic N) is 2. The lowest BCUT2D eigenvalue weighted by molar-refractivity contribution is 0.606. The Morgan fingerprint density at radius 1 is 1.00 bits per heavy atom. The molecule has 0 unspecified atom stereocenters. The van der Waals surface area contributed by atoms with Crippen molar-refractivity contribution in [2.24, 2.45) is 0 Å². The van der Waals surface area contributed by atoms with Crippen LogP contribution in [-0.2, 0) is 0 Å². The first-order chi connectivity index (χ1) is 7.84. The molecule has 1 aromatic heterocycles. The van der Waals surface area contributed by atoms with Gasteiger partial charge in [0, 0.05) is 31.7 Å². The predicted octanol–water partition coefficient (Wildman–Crippen LogP) is 3.88. The van der Waals surface area contributed by atoms with Gasteiger partial charge in [0.25, 0.3) is 0 Å². The van der Waals surface area contributed by atoms with Crippen molar-refractivity contribution in [3.8, 4) is 0 Å². The highest BCUT2D eigenvalue weighted by atomic mass is 15.1. The molecule has 0 aliphatic heterocycles. The molecule has 0 fully saturated rings. The molecule has 2 heteroatoms. The molecule has 0 amide bonds. The lowest BCUT2D eigenvalue weighted by Crippen LogP contribution is -2.18. The van der Waals surface area contributed by atoms with Gasteiger partial charge < -0.3 is 4.90 Å². The normalized spacial score (nSPS) is 10.4. The molecule has 0 aromatic carbocycles. The number of unbranched alkanes of at least 4 members (excludes halogenated alkanes) is 5. The lowest BCUT2D eigenvalue weighted by Gasteiger charge is -2.18. The number of hydrogen-bond acceptors (Lipinski definition) is 2. The van der Waals surface area contributed by atoms with Crippen LogP contribution in [0.3, 0.4) is 0 Å². The Balaban J connectivity index is 2.09. The van der Waals surface area contributed by atoms with E-state index >= 15 is 0 Å². The molecule has 0 aliphatic rings. The quantitative estimate of drug-likeness (QED) is 0.618. The van der Waals surface area contributed by atoms with Crippen molar-refractivity contribution in [1.82, 2.24) is 4.98 Å². The standard InChI is InChI=1S/C14H24N2/c1-3-4-5-6-7-8-13-16(2)14-9-11-15-12-10-14/h9-12H,3-8,13H2,1-2H3. The molecule has 1 heterocycles. The van der Waals surface area contributed by atoms with Crippen LogP contribution < -0.4 is 4.90 Å². The number of aromatic nitrogens is 1. The van der Waals surface area contributed by atoms with E-state index in [1.165, 1.54) is 44.2 Å². The van der Waals surface area contributed by atoms with Crippen LogP contribution in [-0.4, -0.2) is 18.6 Å². The molecule has 16 heavy (non-hydrogen) atoms. The number of pyridine rings is 1. The minimum atomic E-state index is 1.15. The van der Waals surface area contributed by atoms with Gasteiger partial charge >= 0.3 is 0 Å². The molecule has 0 atom stereocenters. The van der Waals surface area contributed by atoms with E-state index in [-0.39, 0.29) is 0 Å². The molecule has 0 N–H and O–H groups in total. The monoisotopic (exact) mass is 220 g/mol. The summed E-state index contributed by atoms with van der Waals surface area (Å²) in [5, 5.41) is 0. The number of rotatable bonds is 8. The smallest absolute Gasteiger partial charge is 0.0394 e. The van der Waals surface area contributed by atoms with Gasteiger partial charge in [-0.3, -0.25) is 4.98 Å². The van der Waals surface area contributed by atoms with Crippen LogP contribution in [0.1, 0.15) is 45.4 Å². The average molecular weight is 220 g/mol. The maximum Gasteiger partial charge on any atom is 0.0394 e. The van der Waals surface area contributed by atoms with Gasteiger partial charge in [-0.2, -0.15) is 0 Å². The van der Waals surface area contributed by atoms with Crippen molar-refractivity contribution in [2.75, 3.05) is 18.5 Å². The Morgan fingerprint density at radius 2 is 1.62 bits per heavy atom. The predicted molar refractivity (Wildman–Crippen MR) is 70.9 cm³/mol. The Hall–Kier alpha value is -1.05. The number of anilines is 1. The van der Waals surface area contributed by atoms with E-state index in [9.17, 15) is 0 Å². The van der Waals surface area contributed by atoms with E-state index in [1.807, 2.05) is 12.4 Å². The van der Waals surface area contributed by atoms with Crippen LogP contribution in [0, 0.1) is 0 Å². The van der Waals surface area contributed by atoms with Gasteiger partial charge in [0.05, 0.1) is 0 Å². The van der Waals surface area contributed by atoms with Crippen LogP contribution in [0.4, 0.5) is 5.69 Å². The fourth-order valence-electron chi connectivity index (χ4n) is 1.86. The van der Waals surface area contributed by atoms with Gasteiger partial charge in [-0.25, -0.2) is 0 Å². The first-order valence-electron chi connectivity index (χ1n) is 6.45. The highest BCUT2D eigenvalue weighted by molar-refractivity contribution is 5.43. The van der Waals surface area contributed by atoms with E-state index < -0.39 is 0 Å². The zero-order chi connectivity index (χ0) is 11.6. The summed E-state index contributed by atoms with van der Waals surface area (Å²) in [6.45, 7) is 3.41. The molecule has 90 valence electrons. The van der Waals surface area contributed by atoms with E-state index in [0.29, 0.717) is 0 Å². The van der Waals surface area contributed by atoms with E-state index in [4.69, 9.17) is 0 Å². The van der Waals surface area contributed by atoms with Crippen molar-refractivity contribution in [1.29, 1.82) is 0 Å². The van der Waals surface area contributed by atoms with E-state index in [1.54, 1.807) is 0 Å². The van der Waals surface area contributed by atoms with Crippen molar-refractivity contribution >= 4 is 5.69 Å². The van der Waals surface area contributed by atoms with Crippen LogP contribution >= 0.6 is 0 Å². The summed E-state index contributed by atoms with van der Waals surface area (Å²) in [6.07, 6.45) is 11.9. The molecule has 1 rings (SSSR count). The second-order valence-electron chi connectivity index (χ2n) is 4.39. The summed E-state index contributed by atoms with van der Waals surface area (Å²) in [7, 11) is 2.15. The van der Waals surface area contributed by atoms with E-state index in [2.05, 4.69) is 36.0 Å². The minimum Gasteiger partial charge on any atom is -0.375 e. The van der Waals surface area contributed by atoms with Crippen molar-refractivity contribution in [3.63, 3.8) is 0 Å².